The van der Waals surface area contributed by atoms with Gasteiger partial charge in [-0.1, -0.05) is 48.5 Å². The van der Waals surface area contributed by atoms with E-state index in [0.29, 0.717) is 0 Å². The van der Waals surface area contributed by atoms with Gasteiger partial charge in [-0.2, -0.15) is 0 Å². The molecule has 0 heteroatoms. The van der Waals surface area contributed by atoms with Crippen molar-refractivity contribution < 1.29 is 0 Å². The van der Waals surface area contributed by atoms with Crippen LogP contribution in [0.4, 0.5) is 0 Å². The quantitative estimate of drug-likeness (QED) is 0.431. The fourth-order valence-electron chi connectivity index (χ4n) is 2.28. The van der Waals surface area contributed by atoms with Gasteiger partial charge in [0.05, 0.1) is 0 Å². The second-order valence-electron chi connectivity index (χ2n) is 4.37. The highest BCUT2D eigenvalue weighted by Gasteiger charge is 1.98. The maximum atomic E-state index is 3.79. The highest BCUT2D eigenvalue weighted by Crippen LogP contribution is 2.23. The molecule has 0 spiro atoms. The molecule has 3 aromatic carbocycles. The molecule has 0 fully saturated rings. The smallest absolute Gasteiger partial charge is 0.00999 e. The summed E-state index contributed by atoms with van der Waals surface area (Å²) in [5.41, 5.74) is 1.32. The Bertz CT molecular complexity index is 693. The predicted octanol–water partition coefficient (Wildman–Crippen LogP) is 4.72. The van der Waals surface area contributed by atoms with Crippen molar-refractivity contribution in [2.24, 2.45) is 0 Å². The van der Waals surface area contributed by atoms with Crippen LogP contribution in [-0.4, -0.2) is 0 Å². The first kappa shape index (κ1) is 10.1. The van der Waals surface area contributed by atoms with Crippen LogP contribution in [0.25, 0.3) is 21.5 Å². The summed E-state index contributed by atoms with van der Waals surface area (Å²) in [6.07, 6.45) is 2.88. The van der Waals surface area contributed by atoms with Gasteiger partial charge in [-0.05, 0) is 45.7 Å². The summed E-state index contributed by atoms with van der Waals surface area (Å²) < 4.78 is 0. The molecule has 0 bridgehead atoms. The fraction of sp³-hybridized carbons (Fsp3) is 0.0588. The van der Waals surface area contributed by atoms with E-state index in [2.05, 4.69) is 61.2 Å². The van der Waals surface area contributed by atoms with Crippen LogP contribution in [0.1, 0.15) is 5.56 Å². The molecule has 17 heavy (non-hydrogen) atoms. The van der Waals surface area contributed by atoms with Gasteiger partial charge < -0.3 is 0 Å². The summed E-state index contributed by atoms with van der Waals surface area (Å²) in [5, 5.41) is 5.21. The molecule has 0 aliphatic heterocycles. The molecule has 3 rings (SSSR count). The van der Waals surface area contributed by atoms with Crippen LogP contribution in [0.2, 0.25) is 0 Å². The molecule has 0 saturated carbocycles. The molecule has 0 atom stereocenters. The Balaban J connectivity index is 2.28. The maximum Gasteiger partial charge on any atom is -0.00999 e. The molecule has 0 unspecified atom stereocenters. The van der Waals surface area contributed by atoms with Gasteiger partial charge in [0.2, 0.25) is 0 Å². The number of hydrogen-bond acceptors (Lipinski definition) is 0. The molecule has 3 aromatic rings. The highest BCUT2D eigenvalue weighted by molar-refractivity contribution is 5.98. The summed E-state index contributed by atoms with van der Waals surface area (Å²) >= 11 is 0. The second-order valence-corrected chi connectivity index (χ2v) is 4.37. The Morgan fingerprint density at radius 1 is 0.765 bits per heavy atom. The van der Waals surface area contributed by atoms with E-state index < -0.39 is 0 Å². The van der Waals surface area contributed by atoms with Crippen LogP contribution in [0.15, 0.2) is 67.3 Å². The van der Waals surface area contributed by atoms with Crippen LogP contribution < -0.4 is 0 Å². The summed E-state index contributed by atoms with van der Waals surface area (Å²) in [5.74, 6) is 0. The second kappa shape index (κ2) is 4.06. The van der Waals surface area contributed by atoms with Crippen molar-refractivity contribution in [3.63, 3.8) is 0 Å². The van der Waals surface area contributed by atoms with Gasteiger partial charge in [0.1, 0.15) is 0 Å². The minimum absolute atomic E-state index is 0.933. The molecule has 0 nitrogen and oxygen atoms in total. The lowest BCUT2D eigenvalue weighted by Crippen LogP contribution is -1.82. The minimum Gasteiger partial charge on any atom is -0.103 e. The Morgan fingerprint density at radius 2 is 1.41 bits per heavy atom. The summed E-state index contributed by atoms with van der Waals surface area (Å²) in [7, 11) is 0. The lowest BCUT2D eigenvalue weighted by Gasteiger charge is -2.04. The van der Waals surface area contributed by atoms with Gasteiger partial charge in [0.15, 0.2) is 0 Å². The normalized spacial score (nSPS) is 10.8. The van der Waals surface area contributed by atoms with Crippen LogP contribution in [0.3, 0.4) is 0 Å². The zero-order chi connectivity index (χ0) is 11.7. The van der Waals surface area contributed by atoms with E-state index in [1.54, 1.807) is 0 Å². The zero-order valence-corrected chi connectivity index (χ0v) is 9.69. The Labute approximate surface area is 101 Å². The Kier molecular flexibility index (Phi) is 2.41. The first-order valence-electron chi connectivity index (χ1n) is 5.89. The van der Waals surface area contributed by atoms with Crippen molar-refractivity contribution in [1.29, 1.82) is 0 Å². The first-order chi connectivity index (χ1) is 8.36. The van der Waals surface area contributed by atoms with Gasteiger partial charge >= 0.3 is 0 Å². The third-order valence-corrected chi connectivity index (χ3v) is 3.15. The van der Waals surface area contributed by atoms with Gasteiger partial charge in [-0.15, -0.1) is 6.58 Å². The Morgan fingerprint density at radius 3 is 2.12 bits per heavy atom. The molecule has 0 saturated heterocycles. The predicted molar refractivity (Wildman–Crippen MR) is 75.4 cm³/mol. The van der Waals surface area contributed by atoms with E-state index in [1.807, 2.05) is 6.08 Å². The molecule has 0 aliphatic carbocycles. The number of rotatable bonds is 2. The maximum absolute atomic E-state index is 3.79. The van der Waals surface area contributed by atoms with Crippen LogP contribution in [-0.2, 0) is 6.42 Å². The zero-order valence-electron chi connectivity index (χ0n) is 9.69. The third kappa shape index (κ3) is 1.83. The Hall–Kier alpha value is -2.08. The number of hydrogen-bond donors (Lipinski definition) is 0. The number of benzene rings is 3. The summed E-state index contributed by atoms with van der Waals surface area (Å²) in [6.45, 7) is 3.79. The van der Waals surface area contributed by atoms with Crippen molar-refractivity contribution in [1.82, 2.24) is 0 Å². The van der Waals surface area contributed by atoms with Gasteiger partial charge in [0, 0.05) is 0 Å². The molecule has 0 aliphatic rings. The van der Waals surface area contributed by atoms with E-state index >= 15 is 0 Å². The average Bonchev–Trinajstić information content (AvgIpc) is 2.36. The monoisotopic (exact) mass is 218 g/mol. The van der Waals surface area contributed by atoms with Crippen molar-refractivity contribution in [2.45, 2.75) is 6.42 Å². The average molecular weight is 218 g/mol. The minimum atomic E-state index is 0.933. The molecule has 0 amide bonds. The molecular weight excluding hydrogens is 204 g/mol. The first-order valence-corrected chi connectivity index (χ1v) is 5.89. The fourth-order valence-corrected chi connectivity index (χ4v) is 2.28. The van der Waals surface area contributed by atoms with Crippen molar-refractivity contribution in [3.8, 4) is 0 Å². The third-order valence-electron chi connectivity index (χ3n) is 3.15. The van der Waals surface area contributed by atoms with Gasteiger partial charge in [-0.3, -0.25) is 0 Å². The van der Waals surface area contributed by atoms with Crippen LogP contribution in [0.5, 0.6) is 0 Å². The molecule has 82 valence electrons. The molecule has 0 aromatic heterocycles. The SMILES string of the molecule is C=CCc1ccc2cc3ccccc3cc2c1. The largest absolute Gasteiger partial charge is 0.103 e. The molecular formula is C17H14. The lowest BCUT2D eigenvalue weighted by atomic mass is 10.0. The van der Waals surface area contributed by atoms with E-state index in [0.717, 1.165) is 6.42 Å². The van der Waals surface area contributed by atoms with Crippen molar-refractivity contribution >= 4 is 21.5 Å². The molecule has 0 radical (unpaired) electrons. The van der Waals surface area contributed by atoms with Crippen LogP contribution in [0, 0.1) is 0 Å². The van der Waals surface area contributed by atoms with E-state index in [9.17, 15) is 0 Å². The van der Waals surface area contributed by atoms with E-state index in [1.165, 1.54) is 27.1 Å². The molecule has 0 heterocycles. The summed E-state index contributed by atoms with van der Waals surface area (Å²) in [6, 6.07) is 19.6. The van der Waals surface area contributed by atoms with E-state index in [4.69, 9.17) is 0 Å². The molecule has 0 N–H and O–H groups in total. The van der Waals surface area contributed by atoms with Crippen LogP contribution >= 0.6 is 0 Å². The summed E-state index contributed by atoms with van der Waals surface area (Å²) in [4.78, 5) is 0. The number of allylic oxidation sites excluding steroid dienone is 1. The van der Waals surface area contributed by atoms with E-state index in [-0.39, 0.29) is 0 Å². The lowest BCUT2D eigenvalue weighted by molar-refractivity contribution is 1.29. The van der Waals surface area contributed by atoms with Crippen molar-refractivity contribution in [3.05, 3.63) is 72.8 Å². The number of fused-ring (bicyclic) bond motifs is 2. The van der Waals surface area contributed by atoms with Gasteiger partial charge in [-0.25, -0.2) is 0 Å². The standard InChI is InChI=1S/C17H14/c1-2-5-13-8-9-16-11-14-6-3-4-7-15(14)12-17(16)10-13/h2-4,6-12H,1,5H2. The topological polar surface area (TPSA) is 0 Å². The highest BCUT2D eigenvalue weighted by atomic mass is 14.0. The van der Waals surface area contributed by atoms with Crippen molar-refractivity contribution in [2.75, 3.05) is 0 Å². The van der Waals surface area contributed by atoms with Gasteiger partial charge in [0.25, 0.3) is 0 Å².